The predicted octanol–water partition coefficient (Wildman–Crippen LogP) is 5.02. The van der Waals surface area contributed by atoms with Crippen molar-refractivity contribution >= 4 is 39.1 Å². The molecule has 0 saturated heterocycles. The smallest absolute Gasteiger partial charge is 0.264 e. The van der Waals surface area contributed by atoms with Crippen LogP contribution in [0.15, 0.2) is 77.7 Å². The molecule has 3 aromatic carbocycles. The van der Waals surface area contributed by atoms with Crippen LogP contribution in [0.25, 0.3) is 0 Å². The van der Waals surface area contributed by atoms with Gasteiger partial charge in [0.05, 0.1) is 17.7 Å². The highest BCUT2D eigenvalue weighted by molar-refractivity contribution is 7.92. The zero-order valence-corrected chi connectivity index (χ0v) is 24.2. The Balaban J connectivity index is 1.99. The molecule has 1 atom stereocenters. The van der Waals surface area contributed by atoms with Crippen LogP contribution in [0.3, 0.4) is 0 Å². The molecule has 0 fully saturated rings. The number of benzene rings is 3. The minimum Gasteiger partial charge on any atom is -0.497 e. The van der Waals surface area contributed by atoms with E-state index in [4.69, 9.17) is 16.3 Å². The van der Waals surface area contributed by atoms with Crippen LogP contribution in [0.4, 0.5) is 10.1 Å². The Hall–Kier alpha value is -3.63. The van der Waals surface area contributed by atoms with Crippen molar-refractivity contribution in [2.45, 2.75) is 44.2 Å². The molecule has 0 radical (unpaired) electrons. The van der Waals surface area contributed by atoms with Crippen LogP contribution in [0.1, 0.15) is 32.3 Å². The first-order chi connectivity index (χ1) is 19.1. The molecule has 1 N–H and O–H groups in total. The normalized spacial score (nSPS) is 11.9. The number of unbranched alkanes of at least 4 members (excludes halogenated alkanes) is 1. The summed E-state index contributed by atoms with van der Waals surface area (Å²) >= 11 is 6.02. The van der Waals surface area contributed by atoms with E-state index in [9.17, 15) is 22.4 Å². The Morgan fingerprint density at radius 2 is 1.62 bits per heavy atom. The maximum Gasteiger partial charge on any atom is 0.264 e. The third-order valence-electron chi connectivity index (χ3n) is 6.30. The second kappa shape index (κ2) is 14.1. The number of ether oxygens (including phenoxy) is 1. The number of nitrogens with one attached hydrogen (secondary N) is 1. The molecular weight excluding hydrogens is 557 g/mol. The first kappa shape index (κ1) is 30.9. The van der Waals surface area contributed by atoms with Crippen molar-refractivity contribution < 1.29 is 27.1 Å². The summed E-state index contributed by atoms with van der Waals surface area (Å²) in [4.78, 5) is 28.0. The molecule has 0 spiro atoms. The fourth-order valence-electron chi connectivity index (χ4n) is 3.92. The number of carbonyl (C=O) groups excluding carboxylic acids is 2. The Bertz CT molecular complexity index is 1380. The van der Waals surface area contributed by atoms with Gasteiger partial charge in [0.15, 0.2) is 0 Å². The lowest BCUT2D eigenvalue weighted by Crippen LogP contribution is -2.51. The number of nitrogens with zero attached hydrogens (tertiary/aromatic N) is 2. The quantitative estimate of drug-likeness (QED) is 0.283. The van der Waals surface area contributed by atoms with Crippen LogP contribution in [0.5, 0.6) is 5.75 Å². The highest BCUT2D eigenvalue weighted by Crippen LogP contribution is 2.26. The number of sulfonamides is 1. The summed E-state index contributed by atoms with van der Waals surface area (Å²) < 4.78 is 47.3. The number of carbonyl (C=O) groups is 2. The number of rotatable bonds is 13. The van der Waals surface area contributed by atoms with Crippen molar-refractivity contribution in [3.63, 3.8) is 0 Å². The van der Waals surface area contributed by atoms with Gasteiger partial charge in [-0.1, -0.05) is 37.1 Å². The van der Waals surface area contributed by atoms with Crippen LogP contribution >= 0.6 is 11.6 Å². The molecule has 8 nitrogen and oxygen atoms in total. The van der Waals surface area contributed by atoms with Gasteiger partial charge in [0.2, 0.25) is 11.8 Å². The van der Waals surface area contributed by atoms with Gasteiger partial charge < -0.3 is 15.0 Å². The van der Waals surface area contributed by atoms with Gasteiger partial charge in [0.1, 0.15) is 24.2 Å². The predicted molar refractivity (Wildman–Crippen MR) is 153 cm³/mol. The summed E-state index contributed by atoms with van der Waals surface area (Å²) in [6.07, 6.45) is 1.67. The largest absolute Gasteiger partial charge is 0.497 e. The van der Waals surface area contributed by atoms with Crippen molar-refractivity contribution in [2.24, 2.45) is 0 Å². The van der Waals surface area contributed by atoms with E-state index in [-0.39, 0.29) is 23.0 Å². The van der Waals surface area contributed by atoms with E-state index in [0.29, 0.717) is 22.9 Å². The molecule has 0 aliphatic heterocycles. The van der Waals surface area contributed by atoms with E-state index in [1.165, 1.54) is 48.4 Å². The van der Waals surface area contributed by atoms with Crippen molar-refractivity contribution in [1.82, 2.24) is 10.2 Å². The third kappa shape index (κ3) is 7.95. The highest BCUT2D eigenvalue weighted by atomic mass is 35.5. The van der Waals surface area contributed by atoms with Gasteiger partial charge in [-0.15, -0.1) is 0 Å². The van der Waals surface area contributed by atoms with Gasteiger partial charge in [0.25, 0.3) is 10.0 Å². The monoisotopic (exact) mass is 589 g/mol. The molecule has 0 saturated carbocycles. The van der Waals surface area contributed by atoms with Gasteiger partial charge in [-0.25, -0.2) is 12.8 Å². The molecule has 3 rings (SSSR count). The average Bonchev–Trinajstić information content (AvgIpc) is 2.95. The van der Waals surface area contributed by atoms with Crippen LogP contribution in [0, 0.1) is 5.82 Å². The fraction of sp³-hybridized carbons (Fsp3) is 0.310. The van der Waals surface area contributed by atoms with Gasteiger partial charge >= 0.3 is 0 Å². The van der Waals surface area contributed by atoms with E-state index in [2.05, 4.69) is 5.32 Å². The summed E-state index contributed by atoms with van der Waals surface area (Å²) in [5.41, 5.74) is 0.800. The van der Waals surface area contributed by atoms with E-state index in [0.717, 1.165) is 29.3 Å². The summed E-state index contributed by atoms with van der Waals surface area (Å²) in [7, 11) is -2.81. The number of hydrogen-bond donors (Lipinski definition) is 1. The SMILES string of the molecule is CCCCNC(=O)[C@H](C)N(Cc1ccc(Cl)cc1)C(=O)CN(c1ccc(F)cc1)S(=O)(=O)c1ccc(OC)cc1. The molecule has 0 aliphatic rings. The summed E-state index contributed by atoms with van der Waals surface area (Å²) in [5, 5.41) is 3.35. The Morgan fingerprint density at radius 1 is 1.00 bits per heavy atom. The highest BCUT2D eigenvalue weighted by Gasteiger charge is 2.32. The topological polar surface area (TPSA) is 96.0 Å². The molecule has 3 aromatic rings. The van der Waals surface area contributed by atoms with Gasteiger partial charge in [-0.2, -0.15) is 0 Å². The number of anilines is 1. The fourth-order valence-corrected chi connectivity index (χ4v) is 5.46. The van der Waals surface area contributed by atoms with Crippen molar-refractivity contribution in [3.05, 3.63) is 89.2 Å². The minimum atomic E-state index is -4.27. The number of halogens is 2. The van der Waals surface area contributed by atoms with E-state index < -0.39 is 34.3 Å². The van der Waals surface area contributed by atoms with Crippen molar-refractivity contribution in [2.75, 3.05) is 24.5 Å². The average molecular weight is 590 g/mol. The number of methoxy groups -OCH3 is 1. The molecule has 214 valence electrons. The Labute approximate surface area is 239 Å². The van der Waals surface area contributed by atoms with E-state index in [1.807, 2.05) is 6.92 Å². The van der Waals surface area contributed by atoms with Gasteiger partial charge in [-0.05, 0) is 79.6 Å². The first-order valence-electron chi connectivity index (χ1n) is 12.8. The number of amides is 2. The molecule has 0 unspecified atom stereocenters. The molecule has 11 heteroatoms. The molecule has 0 heterocycles. The Kier molecular flexibility index (Phi) is 10.9. The van der Waals surface area contributed by atoms with Crippen molar-refractivity contribution in [1.29, 1.82) is 0 Å². The van der Waals surface area contributed by atoms with E-state index in [1.54, 1.807) is 31.2 Å². The maximum absolute atomic E-state index is 13.8. The first-order valence-corrected chi connectivity index (χ1v) is 14.6. The second-order valence-electron chi connectivity index (χ2n) is 9.13. The molecular formula is C29H33ClFN3O5S. The summed E-state index contributed by atoms with van der Waals surface area (Å²) in [5.74, 6) is -1.07. The van der Waals surface area contributed by atoms with Gasteiger partial charge in [-0.3, -0.25) is 13.9 Å². The minimum absolute atomic E-state index is 0.0399. The van der Waals surface area contributed by atoms with Crippen LogP contribution in [0.2, 0.25) is 5.02 Å². The van der Waals surface area contributed by atoms with Crippen molar-refractivity contribution in [3.8, 4) is 5.75 Å². The molecule has 0 aromatic heterocycles. The molecule has 40 heavy (non-hydrogen) atoms. The maximum atomic E-state index is 13.8. The summed E-state index contributed by atoms with van der Waals surface area (Å²) in [6.45, 7) is 3.46. The lowest BCUT2D eigenvalue weighted by Gasteiger charge is -2.32. The third-order valence-corrected chi connectivity index (χ3v) is 8.34. The molecule has 2 amide bonds. The zero-order valence-electron chi connectivity index (χ0n) is 22.6. The number of hydrogen-bond acceptors (Lipinski definition) is 5. The molecule has 0 aliphatic carbocycles. The van der Waals surface area contributed by atoms with E-state index >= 15 is 0 Å². The van der Waals surface area contributed by atoms with Crippen LogP contribution in [-0.4, -0.2) is 51.4 Å². The summed E-state index contributed by atoms with van der Waals surface area (Å²) in [6, 6.07) is 16.4. The van der Waals surface area contributed by atoms with Crippen LogP contribution in [-0.2, 0) is 26.2 Å². The zero-order chi connectivity index (χ0) is 29.3. The second-order valence-corrected chi connectivity index (χ2v) is 11.4. The Morgan fingerprint density at radius 3 is 2.20 bits per heavy atom. The van der Waals surface area contributed by atoms with Gasteiger partial charge in [0, 0.05) is 18.1 Å². The lowest BCUT2D eigenvalue weighted by molar-refractivity contribution is -0.139. The lowest BCUT2D eigenvalue weighted by atomic mass is 10.1. The standard InChI is InChI=1S/C29H33ClFN3O5S/c1-4-5-18-32-29(36)21(2)33(19-22-6-8-23(30)9-7-22)28(35)20-34(25-12-10-24(31)11-13-25)40(37,38)27-16-14-26(39-3)15-17-27/h6-17,21H,4-5,18-20H2,1-3H3,(H,32,36)/t21-/m0/s1. The molecule has 0 bridgehead atoms. The van der Waals surface area contributed by atoms with Crippen LogP contribution < -0.4 is 14.4 Å².